The summed E-state index contributed by atoms with van der Waals surface area (Å²) in [5, 5.41) is 4.21. The van der Waals surface area contributed by atoms with Gasteiger partial charge in [0.1, 0.15) is 12.7 Å². The zero-order valence-electron chi connectivity index (χ0n) is 12.2. The Balaban J connectivity index is 0.00000132. The minimum absolute atomic E-state index is 0. The van der Waals surface area contributed by atoms with Crippen molar-refractivity contribution in [3.8, 4) is 0 Å². The SMILES string of the molecule is Cl.c1cc2c3c(c1)CC(CCn1cncn1)CC3CCC2. The van der Waals surface area contributed by atoms with Gasteiger partial charge >= 0.3 is 0 Å². The predicted molar refractivity (Wildman–Crippen MR) is 85.8 cm³/mol. The first-order valence-electron chi connectivity index (χ1n) is 7.83. The van der Waals surface area contributed by atoms with Gasteiger partial charge in [0, 0.05) is 6.54 Å². The molecule has 2 unspecified atom stereocenters. The molecule has 0 saturated heterocycles. The van der Waals surface area contributed by atoms with Crippen molar-refractivity contribution in [3.63, 3.8) is 0 Å². The van der Waals surface area contributed by atoms with E-state index in [1.165, 1.54) is 38.5 Å². The number of nitrogens with zero attached hydrogens (tertiary/aromatic N) is 3. The molecule has 112 valence electrons. The maximum absolute atomic E-state index is 4.21. The molecule has 2 aliphatic rings. The van der Waals surface area contributed by atoms with E-state index in [9.17, 15) is 0 Å². The third kappa shape index (κ3) is 2.84. The molecular formula is C17H22ClN3. The van der Waals surface area contributed by atoms with Gasteiger partial charge in [0.05, 0.1) is 0 Å². The molecule has 2 aliphatic carbocycles. The Hall–Kier alpha value is -1.35. The van der Waals surface area contributed by atoms with E-state index in [1.807, 2.05) is 11.0 Å². The molecule has 0 spiro atoms. The van der Waals surface area contributed by atoms with E-state index in [0.717, 1.165) is 18.4 Å². The van der Waals surface area contributed by atoms with Crippen molar-refractivity contribution in [1.82, 2.24) is 14.8 Å². The predicted octanol–water partition coefficient (Wildman–Crippen LogP) is 3.77. The molecule has 0 amide bonds. The molecule has 1 aromatic carbocycles. The van der Waals surface area contributed by atoms with Gasteiger partial charge in [0.25, 0.3) is 0 Å². The maximum Gasteiger partial charge on any atom is 0.137 e. The summed E-state index contributed by atoms with van der Waals surface area (Å²) in [5.41, 5.74) is 4.98. The highest BCUT2D eigenvalue weighted by atomic mass is 35.5. The van der Waals surface area contributed by atoms with Crippen molar-refractivity contribution < 1.29 is 0 Å². The number of rotatable bonds is 3. The van der Waals surface area contributed by atoms with E-state index in [0.29, 0.717) is 0 Å². The van der Waals surface area contributed by atoms with E-state index in [-0.39, 0.29) is 12.4 Å². The minimum Gasteiger partial charge on any atom is -0.253 e. The number of halogens is 1. The van der Waals surface area contributed by atoms with Gasteiger partial charge < -0.3 is 0 Å². The molecule has 0 aliphatic heterocycles. The van der Waals surface area contributed by atoms with E-state index in [2.05, 4.69) is 28.3 Å². The lowest BCUT2D eigenvalue weighted by atomic mass is 9.69. The molecule has 21 heavy (non-hydrogen) atoms. The first kappa shape index (κ1) is 14.6. The molecule has 0 N–H and O–H groups in total. The zero-order chi connectivity index (χ0) is 13.4. The molecule has 0 saturated carbocycles. The number of aryl methyl sites for hydroxylation is 2. The largest absolute Gasteiger partial charge is 0.253 e. The molecule has 0 radical (unpaired) electrons. The standard InChI is InChI=1S/C17H21N3.ClH/c1-3-14-4-2-6-16-10-13(9-15(5-1)17(14)16)7-8-20-12-18-11-19-20;/h1,3,5,11-13,16H,2,4,6-10H2;1H. The second-order valence-electron chi connectivity index (χ2n) is 6.33. The molecular weight excluding hydrogens is 282 g/mol. The van der Waals surface area contributed by atoms with Crippen LogP contribution >= 0.6 is 12.4 Å². The molecule has 4 heteroatoms. The lowest BCUT2D eigenvalue weighted by molar-refractivity contribution is 0.333. The number of benzene rings is 1. The van der Waals surface area contributed by atoms with Crippen LogP contribution in [0, 0.1) is 5.92 Å². The van der Waals surface area contributed by atoms with Crippen LogP contribution in [0.1, 0.15) is 48.3 Å². The third-order valence-corrected chi connectivity index (χ3v) is 5.05. The molecule has 1 heterocycles. The summed E-state index contributed by atoms with van der Waals surface area (Å²) >= 11 is 0. The average Bonchev–Trinajstić information content (AvgIpc) is 2.99. The van der Waals surface area contributed by atoms with Crippen LogP contribution in [0.2, 0.25) is 0 Å². The van der Waals surface area contributed by atoms with Crippen molar-refractivity contribution in [3.05, 3.63) is 47.5 Å². The van der Waals surface area contributed by atoms with E-state index < -0.39 is 0 Å². The Morgan fingerprint density at radius 1 is 1.24 bits per heavy atom. The summed E-state index contributed by atoms with van der Waals surface area (Å²) < 4.78 is 1.97. The highest BCUT2D eigenvalue weighted by molar-refractivity contribution is 5.85. The summed E-state index contributed by atoms with van der Waals surface area (Å²) in [6.45, 7) is 1.01. The van der Waals surface area contributed by atoms with Gasteiger partial charge in [-0.2, -0.15) is 5.10 Å². The van der Waals surface area contributed by atoms with Crippen LogP contribution < -0.4 is 0 Å². The first-order chi connectivity index (χ1) is 9.90. The summed E-state index contributed by atoms with van der Waals surface area (Å²) in [4.78, 5) is 4.03. The molecule has 0 bridgehead atoms. The van der Waals surface area contributed by atoms with Crippen LogP contribution in [0.3, 0.4) is 0 Å². The van der Waals surface area contributed by atoms with Gasteiger partial charge in [-0.1, -0.05) is 18.2 Å². The Labute approximate surface area is 132 Å². The first-order valence-corrected chi connectivity index (χ1v) is 7.83. The van der Waals surface area contributed by atoms with Crippen molar-refractivity contribution in [2.24, 2.45) is 5.92 Å². The summed E-state index contributed by atoms with van der Waals surface area (Å²) in [6, 6.07) is 6.97. The van der Waals surface area contributed by atoms with Crippen molar-refractivity contribution in [2.45, 2.75) is 51.0 Å². The second kappa shape index (κ2) is 6.18. The van der Waals surface area contributed by atoms with Gasteiger partial charge in [0.2, 0.25) is 0 Å². The van der Waals surface area contributed by atoms with Gasteiger partial charge in [0.15, 0.2) is 0 Å². The minimum atomic E-state index is 0. The topological polar surface area (TPSA) is 30.7 Å². The third-order valence-electron chi connectivity index (χ3n) is 5.05. The van der Waals surface area contributed by atoms with Gasteiger partial charge in [-0.15, -0.1) is 12.4 Å². The van der Waals surface area contributed by atoms with Gasteiger partial charge in [-0.05, 0) is 67.1 Å². The van der Waals surface area contributed by atoms with E-state index >= 15 is 0 Å². The fourth-order valence-corrected chi connectivity index (χ4v) is 4.19. The van der Waals surface area contributed by atoms with Gasteiger partial charge in [-0.25, -0.2) is 4.98 Å². The smallest absolute Gasteiger partial charge is 0.137 e. The van der Waals surface area contributed by atoms with Crippen molar-refractivity contribution in [2.75, 3.05) is 0 Å². The normalized spacial score (nSPS) is 23.2. The monoisotopic (exact) mass is 303 g/mol. The summed E-state index contributed by atoms with van der Waals surface area (Å²) in [7, 11) is 0. The number of aromatic nitrogens is 3. The molecule has 3 nitrogen and oxygen atoms in total. The van der Waals surface area contributed by atoms with E-state index in [4.69, 9.17) is 0 Å². The summed E-state index contributed by atoms with van der Waals surface area (Å²) in [5.74, 6) is 1.63. The van der Waals surface area contributed by atoms with Crippen LogP contribution in [-0.2, 0) is 19.4 Å². The van der Waals surface area contributed by atoms with Crippen LogP contribution in [0.25, 0.3) is 0 Å². The van der Waals surface area contributed by atoms with Crippen LogP contribution in [0.5, 0.6) is 0 Å². The molecule has 2 aromatic rings. The van der Waals surface area contributed by atoms with Gasteiger partial charge in [-0.3, -0.25) is 4.68 Å². The fourth-order valence-electron chi connectivity index (χ4n) is 4.19. The van der Waals surface area contributed by atoms with Crippen molar-refractivity contribution >= 4 is 12.4 Å². The van der Waals surface area contributed by atoms with E-state index in [1.54, 1.807) is 23.0 Å². The van der Waals surface area contributed by atoms with Crippen LogP contribution in [0.4, 0.5) is 0 Å². The maximum atomic E-state index is 4.21. The molecule has 4 rings (SSSR count). The molecule has 0 fully saturated rings. The number of hydrogen-bond acceptors (Lipinski definition) is 2. The Kier molecular flexibility index (Phi) is 4.29. The Morgan fingerprint density at radius 2 is 2.14 bits per heavy atom. The lowest BCUT2D eigenvalue weighted by Crippen LogP contribution is -2.24. The lowest BCUT2D eigenvalue weighted by Gasteiger charge is -2.36. The highest BCUT2D eigenvalue weighted by Crippen LogP contribution is 2.43. The average molecular weight is 304 g/mol. The Morgan fingerprint density at radius 3 is 3.00 bits per heavy atom. The van der Waals surface area contributed by atoms with Crippen molar-refractivity contribution in [1.29, 1.82) is 0 Å². The quantitative estimate of drug-likeness (QED) is 0.864. The fraction of sp³-hybridized carbons (Fsp3) is 0.529. The van der Waals surface area contributed by atoms with Crippen LogP contribution in [-0.4, -0.2) is 14.8 Å². The highest BCUT2D eigenvalue weighted by Gasteiger charge is 2.30. The molecule has 1 aromatic heterocycles. The zero-order valence-corrected chi connectivity index (χ0v) is 13.1. The Bertz CT molecular complexity index is 594. The second-order valence-corrected chi connectivity index (χ2v) is 6.33. The number of hydrogen-bond donors (Lipinski definition) is 0. The summed E-state index contributed by atoms with van der Waals surface area (Å²) in [6.07, 6.45) is 11.4. The van der Waals surface area contributed by atoms with Crippen LogP contribution in [0.15, 0.2) is 30.9 Å². The molecule has 2 atom stereocenters.